The van der Waals surface area contributed by atoms with Gasteiger partial charge in [0.05, 0.1) is 5.56 Å². The third kappa shape index (κ3) is 3.14. The highest BCUT2D eigenvalue weighted by Gasteiger charge is 2.27. The zero-order valence-corrected chi connectivity index (χ0v) is 14.1. The number of hydrogen-bond acceptors (Lipinski definition) is 4. The summed E-state index contributed by atoms with van der Waals surface area (Å²) in [6.45, 7) is 3.04. The molecular weight excluding hydrogens is 318 g/mol. The van der Waals surface area contributed by atoms with Crippen LogP contribution in [-0.2, 0) is 13.0 Å². The zero-order valence-electron chi connectivity index (χ0n) is 14.1. The number of carbonyl (C=O) groups excluding carboxylic acids is 2. The molecule has 4 rings (SSSR count). The minimum atomic E-state index is -0.0321. The van der Waals surface area contributed by atoms with Gasteiger partial charge in [0.25, 0.3) is 11.8 Å². The maximum Gasteiger partial charge on any atom is 0.274 e. The molecule has 2 aliphatic heterocycles. The highest BCUT2D eigenvalue weighted by atomic mass is 16.2. The molecule has 2 aromatic heterocycles. The summed E-state index contributed by atoms with van der Waals surface area (Å²) in [4.78, 5) is 32.7. The molecule has 25 heavy (non-hydrogen) atoms. The van der Waals surface area contributed by atoms with Crippen molar-refractivity contribution < 1.29 is 9.59 Å². The van der Waals surface area contributed by atoms with Crippen molar-refractivity contribution in [3.8, 4) is 0 Å². The number of aryl methyl sites for hydroxylation is 2. The Morgan fingerprint density at radius 1 is 0.960 bits per heavy atom. The lowest BCUT2D eigenvalue weighted by Gasteiger charge is -2.34. The van der Waals surface area contributed by atoms with E-state index < -0.39 is 0 Å². The lowest BCUT2D eigenvalue weighted by molar-refractivity contribution is 0.0531. The van der Waals surface area contributed by atoms with Gasteiger partial charge in [-0.1, -0.05) is 0 Å². The third-order valence-electron chi connectivity index (χ3n) is 4.90. The summed E-state index contributed by atoms with van der Waals surface area (Å²) in [5.41, 5.74) is 2.27. The summed E-state index contributed by atoms with van der Waals surface area (Å²) < 4.78 is 1.96. The Kier molecular flexibility index (Phi) is 4.21. The highest BCUT2D eigenvalue weighted by molar-refractivity contribution is 5.95. The minimum Gasteiger partial charge on any atom is -0.335 e. The topological polar surface area (TPSA) is 71.3 Å². The number of fused-ring (bicyclic) bond motifs is 1. The molecule has 0 radical (unpaired) electrons. The number of nitrogens with zero attached hydrogens (tertiary/aromatic N) is 5. The first-order chi connectivity index (χ1) is 12.2. The first kappa shape index (κ1) is 15.8. The van der Waals surface area contributed by atoms with E-state index in [1.807, 2.05) is 10.7 Å². The fourth-order valence-corrected chi connectivity index (χ4v) is 3.47. The maximum atomic E-state index is 12.7. The zero-order chi connectivity index (χ0) is 17.2. The van der Waals surface area contributed by atoms with Crippen LogP contribution in [0.1, 0.15) is 39.4 Å². The summed E-state index contributed by atoms with van der Waals surface area (Å²) in [6.07, 6.45) is 6.51. The van der Waals surface area contributed by atoms with Crippen LogP contribution in [0.3, 0.4) is 0 Å². The Bertz CT molecular complexity index is 755. The number of piperazine rings is 1. The standard InChI is InChI=1S/C18H21N5O2/c24-17(14-4-3-6-19-13-14)21-8-10-22(11-9-21)18(25)16-12-15-5-1-2-7-23(15)20-16/h3-4,6,12-13H,1-2,5,7-11H2. The van der Waals surface area contributed by atoms with Gasteiger partial charge < -0.3 is 9.80 Å². The number of pyridine rings is 1. The summed E-state index contributed by atoms with van der Waals surface area (Å²) in [5, 5.41) is 4.46. The van der Waals surface area contributed by atoms with Crippen molar-refractivity contribution in [1.82, 2.24) is 24.6 Å². The predicted octanol–water partition coefficient (Wildman–Crippen LogP) is 1.21. The van der Waals surface area contributed by atoms with Crippen molar-refractivity contribution in [2.45, 2.75) is 25.8 Å². The lowest BCUT2D eigenvalue weighted by Crippen LogP contribution is -2.50. The van der Waals surface area contributed by atoms with Gasteiger partial charge in [0, 0.05) is 50.8 Å². The molecule has 1 saturated heterocycles. The van der Waals surface area contributed by atoms with Crippen LogP contribution in [0.15, 0.2) is 30.6 Å². The van der Waals surface area contributed by atoms with E-state index in [0.29, 0.717) is 37.4 Å². The summed E-state index contributed by atoms with van der Waals surface area (Å²) in [7, 11) is 0. The molecule has 0 spiro atoms. The molecule has 130 valence electrons. The van der Waals surface area contributed by atoms with Gasteiger partial charge in [-0.2, -0.15) is 5.10 Å². The molecule has 0 saturated carbocycles. The first-order valence-corrected chi connectivity index (χ1v) is 8.78. The molecule has 7 heteroatoms. The SMILES string of the molecule is O=C(c1cccnc1)N1CCN(C(=O)c2cc3n(n2)CCCC3)CC1. The molecule has 2 aliphatic rings. The molecule has 7 nitrogen and oxygen atoms in total. The summed E-state index contributed by atoms with van der Waals surface area (Å²) >= 11 is 0. The average molecular weight is 339 g/mol. The fourth-order valence-electron chi connectivity index (χ4n) is 3.47. The second-order valence-corrected chi connectivity index (χ2v) is 6.53. The van der Waals surface area contributed by atoms with Gasteiger partial charge in [0.1, 0.15) is 0 Å². The molecule has 0 unspecified atom stereocenters. The van der Waals surface area contributed by atoms with Crippen molar-refractivity contribution in [1.29, 1.82) is 0 Å². The van der Waals surface area contributed by atoms with Crippen LogP contribution in [0.5, 0.6) is 0 Å². The number of aromatic nitrogens is 3. The molecule has 4 heterocycles. The van der Waals surface area contributed by atoms with Crippen LogP contribution in [0, 0.1) is 0 Å². The van der Waals surface area contributed by atoms with Crippen LogP contribution in [0.2, 0.25) is 0 Å². The number of amides is 2. The molecule has 0 aliphatic carbocycles. The molecule has 0 aromatic carbocycles. The quantitative estimate of drug-likeness (QED) is 0.825. The van der Waals surface area contributed by atoms with Gasteiger partial charge in [-0.3, -0.25) is 19.3 Å². The van der Waals surface area contributed by atoms with Crippen molar-refractivity contribution in [3.63, 3.8) is 0 Å². The van der Waals surface area contributed by atoms with Crippen LogP contribution in [-0.4, -0.2) is 62.6 Å². The van der Waals surface area contributed by atoms with Gasteiger partial charge in [0.15, 0.2) is 5.69 Å². The Balaban J connectivity index is 1.39. The van der Waals surface area contributed by atoms with Crippen molar-refractivity contribution in [3.05, 3.63) is 47.5 Å². The van der Waals surface area contributed by atoms with Crippen molar-refractivity contribution in [2.24, 2.45) is 0 Å². The Morgan fingerprint density at radius 3 is 2.40 bits per heavy atom. The molecule has 2 aromatic rings. The second-order valence-electron chi connectivity index (χ2n) is 6.53. The smallest absolute Gasteiger partial charge is 0.274 e. The van der Waals surface area contributed by atoms with E-state index in [-0.39, 0.29) is 11.8 Å². The molecule has 1 fully saturated rings. The Labute approximate surface area is 146 Å². The molecule has 2 amide bonds. The van der Waals surface area contributed by atoms with Gasteiger partial charge >= 0.3 is 0 Å². The van der Waals surface area contributed by atoms with Crippen molar-refractivity contribution in [2.75, 3.05) is 26.2 Å². The number of hydrogen-bond donors (Lipinski definition) is 0. The van der Waals surface area contributed by atoms with E-state index >= 15 is 0 Å². The van der Waals surface area contributed by atoms with E-state index in [0.717, 1.165) is 31.5 Å². The average Bonchev–Trinajstić information content (AvgIpc) is 3.12. The number of carbonyl (C=O) groups is 2. The highest BCUT2D eigenvalue weighted by Crippen LogP contribution is 2.17. The fraction of sp³-hybridized carbons (Fsp3) is 0.444. The van der Waals surface area contributed by atoms with Crippen molar-refractivity contribution >= 4 is 11.8 Å². The molecule has 0 atom stereocenters. The van der Waals surface area contributed by atoms with Crippen LogP contribution in [0.25, 0.3) is 0 Å². The summed E-state index contributed by atoms with van der Waals surface area (Å²) in [6, 6.07) is 5.45. The third-order valence-corrected chi connectivity index (χ3v) is 4.90. The Hall–Kier alpha value is -2.70. The monoisotopic (exact) mass is 339 g/mol. The van der Waals surface area contributed by atoms with E-state index in [1.54, 1.807) is 34.3 Å². The largest absolute Gasteiger partial charge is 0.335 e. The van der Waals surface area contributed by atoms with E-state index in [1.165, 1.54) is 0 Å². The summed E-state index contributed by atoms with van der Waals surface area (Å²) in [5.74, 6) is -0.0620. The minimum absolute atomic E-state index is 0.0299. The Morgan fingerprint density at radius 2 is 1.72 bits per heavy atom. The van der Waals surface area contributed by atoms with Crippen LogP contribution < -0.4 is 0 Å². The van der Waals surface area contributed by atoms with Gasteiger partial charge in [-0.15, -0.1) is 0 Å². The molecule has 0 N–H and O–H groups in total. The molecular formula is C18H21N5O2. The van der Waals surface area contributed by atoms with Crippen LogP contribution in [0.4, 0.5) is 0 Å². The van der Waals surface area contributed by atoms with E-state index in [4.69, 9.17) is 0 Å². The normalized spacial score (nSPS) is 17.3. The molecule has 0 bridgehead atoms. The predicted molar refractivity (Wildman–Crippen MR) is 91.2 cm³/mol. The lowest BCUT2D eigenvalue weighted by atomic mass is 10.1. The van der Waals surface area contributed by atoms with E-state index in [2.05, 4.69) is 10.1 Å². The second kappa shape index (κ2) is 6.66. The van der Waals surface area contributed by atoms with Gasteiger partial charge in [-0.05, 0) is 37.5 Å². The van der Waals surface area contributed by atoms with Gasteiger partial charge in [0.2, 0.25) is 0 Å². The van der Waals surface area contributed by atoms with E-state index in [9.17, 15) is 9.59 Å². The maximum absolute atomic E-state index is 12.7. The first-order valence-electron chi connectivity index (χ1n) is 8.78. The number of rotatable bonds is 2. The van der Waals surface area contributed by atoms with Crippen LogP contribution >= 0.6 is 0 Å². The van der Waals surface area contributed by atoms with Gasteiger partial charge in [-0.25, -0.2) is 0 Å².